The van der Waals surface area contributed by atoms with Crippen molar-refractivity contribution in [3.05, 3.63) is 338 Å². The number of benzene rings is 13. The van der Waals surface area contributed by atoms with Gasteiger partial charge in [0.05, 0.1) is 27.5 Å². The molecule has 2 nitrogen and oxygen atoms in total. The first-order valence-corrected chi connectivity index (χ1v) is 28.1. The molecule has 0 saturated carbocycles. The minimum Gasteiger partial charge on any atom is -0.309 e. The average molecular weight is 1050 g/mol. The van der Waals surface area contributed by atoms with Crippen LogP contribution in [0.3, 0.4) is 0 Å². The Morgan fingerprint density at radius 1 is 0.207 bits per heavy atom. The molecular formula is C80H56N2. The second-order valence-electron chi connectivity index (χ2n) is 21.6. The van der Waals surface area contributed by atoms with Crippen molar-refractivity contribution in [2.75, 3.05) is 0 Å². The Kier molecular flexibility index (Phi) is 11.7. The van der Waals surface area contributed by atoms with Crippen LogP contribution in [0.1, 0.15) is 29.7 Å². The molecule has 82 heavy (non-hydrogen) atoms. The minimum absolute atomic E-state index is 0. The van der Waals surface area contributed by atoms with Crippen LogP contribution in [-0.2, 0) is 5.41 Å². The maximum Gasteiger partial charge on any atom is 0.0713 e. The summed E-state index contributed by atoms with van der Waals surface area (Å²) in [4.78, 5) is 0. The summed E-state index contributed by atoms with van der Waals surface area (Å²) in [6.45, 7) is 0. The van der Waals surface area contributed by atoms with E-state index in [-0.39, 0.29) is 7.43 Å². The van der Waals surface area contributed by atoms with E-state index in [1.807, 2.05) is 0 Å². The van der Waals surface area contributed by atoms with Gasteiger partial charge in [-0.3, -0.25) is 0 Å². The Bertz CT molecular complexity index is 4840. The quantitative estimate of drug-likeness (QED) is 0.136. The topological polar surface area (TPSA) is 9.86 Å². The molecule has 0 saturated heterocycles. The monoisotopic (exact) mass is 1040 g/mol. The molecule has 0 fully saturated rings. The summed E-state index contributed by atoms with van der Waals surface area (Å²) in [5.74, 6) is 0. The molecule has 0 radical (unpaired) electrons. The number of rotatable bonds is 9. The fourth-order valence-corrected chi connectivity index (χ4v) is 13.5. The van der Waals surface area contributed by atoms with E-state index in [1.165, 1.54) is 133 Å². The molecule has 0 bridgehead atoms. The predicted octanol–water partition coefficient (Wildman–Crippen LogP) is 21.2. The maximum atomic E-state index is 2.42. The zero-order valence-electron chi connectivity index (χ0n) is 44.4. The van der Waals surface area contributed by atoms with Crippen LogP contribution >= 0.6 is 0 Å². The van der Waals surface area contributed by atoms with Crippen molar-refractivity contribution < 1.29 is 0 Å². The lowest BCUT2D eigenvalue weighted by Crippen LogP contribution is -2.28. The fourth-order valence-electron chi connectivity index (χ4n) is 13.5. The molecule has 0 amide bonds. The summed E-state index contributed by atoms with van der Waals surface area (Å²) in [6.07, 6.45) is 0. The first-order chi connectivity index (χ1) is 40.2. The van der Waals surface area contributed by atoms with Crippen LogP contribution in [0.2, 0.25) is 0 Å². The number of nitrogens with zero attached hydrogens (tertiary/aromatic N) is 2. The first-order valence-electron chi connectivity index (χ1n) is 28.1. The van der Waals surface area contributed by atoms with Crippen LogP contribution in [0.4, 0.5) is 0 Å². The largest absolute Gasteiger partial charge is 0.309 e. The number of fused-ring (bicyclic) bond motifs is 9. The van der Waals surface area contributed by atoms with Gasteiger partial charge in [0.15, 0.2) is 0 Å². The van der Waals surface area contributed by atoms with Crippen molar-refractivity contribution in [1.82, 2.24) is 9.13 Å². The maximum absolute atomic E-state index is 2.42. The second-order valence-corrected chi connectivity index (χ2v) is 21.6. The van der Waals surface area contributed by atoms with E-state index in [4.69, 9.17) is 0 Å². The summed E-state index contributed by atoms with van der Waals surface area (Å²) in [6, 6.07) is 116. The molecule has 2 heteroatoms. The highest BCUT2D eigenvalue weighted by atomic mass is 15.0. The van der Waals surface area contributed by atoms with Gasteiger partial charge in [0, 0.05) is 32.9 Å². The Hall–Kier alpha value is -10.5. The lowest BCUT2D eigenvalue weighted by Gasteiger charge is -2.34. The van der Waals surface area contributed by atoms with E-state index in [9.17, 15) is 0 Å². The van der Waals surface area contributed by atoms with Crippen LogP contribution in [0.5, 0.6) is 0 Å². The van der Waals surface area contributed by atoms with Gasteiger partial charge in [-0.15, -0.1) is 0 Å². The van der Waals surface area contributed by atoms with E-state index in [0.29, 0.717) is 0 Å². The third-order valence-corrected chi connectivity index (χ3v) is 17.2. The highest BCUT2D eigenvalue weighted by Crippen LogP contribution is 2.56. The van der Waals surface area contributed by atoms with Crippen molar-refractivity contribution >= 4 is 43.6 Å². The normalized spacial score (nSPS) is 12.4. The Morgan fingerprint density at radius 3 is 1.13 bits per heavy atom. The summed E-state index contributed by atoms with van der Waals surface area (Å²) >= 11 is 0. The van der Waals surface area contributed by atoms with Crippen LogP contribution in [0.15, 0.2) is 315 Å². The third kappa shape index (κ3) is 7.71. The van der Waals surface area contributed by atoms with E-state index in [1.54, 1.807) is 0 Å². The third-order valence-electron chi connectivity index (χ3n) is 17.2. The molecule has 0 unspecified atom stereocenters. The molecule has 16 rings (SSSR count). The molecule has 1 aliphatic rings. The zero-order chi connectivity index (χ0) is 53.4. The van der Waals surface area contributed by atoms with Gasteiger partial charge in [-0.05, 0) is 156 Å². The van der Waals surface area contributed by atoms with Crippen molar-refractivity contribution in [2.45, 2.75) is 12.8 Å². The summed E-state index contributed by atoms with van der Waals surface area (Å²) in [5.41, 5.74) is 26.3. The van der Waals surface area contributed by atoms with Gasteiger partial charge in [-0.2, -0.15) is 0 Å². The number of hydrogen-bond donors (Lipinski definition) is 0. The number of hydrogen-bond acceptors (Lipinski definition) is 0. The number of aromatic nitrogens is 2. The van der Waals surface area contributed by atoms with Gasteiger partial charge in [0.2, 0.25) is 0 Å². The van der Waals surface area contributed by atoms with E-state index in [2.05, 4.69) is 325 Å². The molecule has 386 valence electrons. The van der Waals surface area contributed by atoms with Crippen LogP contribution < -0.4 is 0 Å². The smallest absolute Gasteiger partial charge is 0.0713 e. The molecule has 0 atom stereocenters. The Balaban J connectivity index is 0.00000576. The van der Waals surface area contributed by atoms with Crippen LogP contribution in [0.25, 0.3) is 122 Å². The van der Waals surface area contributed by atoms with Gasteiger partial charge in [-0.25, -0.2) is 0 Å². The van der Waals surface area contributed by atoms with Crippen LogP contribution in [0, 0.1) is 0 Å². The molecule has 0 spiro atoms. The minimum atomic E-state index is -0.491. The van der Waals surface area contributed by atoms with Crippen molar-refractivity contribution in [3.8, 4) is 78.1 Å². The second kappa shape index (κ2) is 19.7. The molecule has 2 aromatic heterocycles. The summed E-state index contributed by atoms with van der Waals surface area (Å²) in [5, 5.41) is 4.96. The lowest BCUT2D eigenvalue weighted by molar-refractivity contribution is 0.769. The van der Waals surface area contributed by atoms with E-state index < -0.39 is 5.41 Å². The zero-order valence-corrected chi connectivity index (χ0v) is 44.4. The Morgan fingerprint density at radius 2 is 0.573 bits per heavy atom. The highest BCUT2D eigenvalue weighted by Gasteiger charge is 2.46. The molecular weight excluding hydrogens is 989 g/mol. The van der Waals surface area contributed by atoms with Gasteiger partial charge < -0.3 is 9.13 Å². The van der Waals surface area contributed by atoms with Crippen molar-refractivity contribution in [1.29, 1.82) is 0 Å². The molecule has 0 N–H and O–H groups in total. The summed E-state index contributed by atoms with van der Waals surface area (Å²) < 4.78 is 4.83. The highest BCUT2D eigenvalue weighted by molar-refractivity contribution is 6.13. The number of para-hydroxylation sites is 2. The molecule has 13 aromatic carbocycles. The lowest BCUT2D eigenvalue weighted by atomic mass is 9.67. The van der Waals surface area contributed by atoms with E-state index in [0.717, 1.165) is 11.4 Å². The van der Waals surface area contributed by atoms with Crippen molar-refractivity contribution in [2.24, 2.45) is 0 Å². The fraction of sp³-hybridized carbons (Fsp3) is 0.0250. The predicted molar refractivity (Wildman–Crippen MR) is 346 cm³/mol. The standard InChI is InChI=1S/C79H52N2.CH4/c1-3-17-53(18-4-1)56-37-43-63(44-38-56)79(73-29-11-7-25-67(73)68-26-8-12-30-74(68)79)64-23-15-21-59(49-64)58-35-33-55(34-36-58)57-39-45-65(46-40-57)80-75-31-13-9-27-69(75)71-51-61(41-47-77(71)80)62-42-48-78-72(52-62)70-28-10-14-32-76(70)81(78)66-24-16-22-60(50-66)54-19-5-2-6-20-54;/h1-52H;1H4. The van der Waals surface area contributed by atoms with Gasteiger partial charge >= 0.3 is 0 Å². The SMILES string of the molecule is C.c1ccc(-c2ccc(C3(c4cccc(-c5ccc(-c6ccc(-n7c8ccccc8c8cc(-c9ccc%10c(c9)c9ccccc9n%10-c9cccc(-c%10ccccc%10)c9)ccc87)cc6)cc5)c4)c4ccccc4-c4ccccc43)cc2)cc1. The Labute approximate surface area is 478 Å². The van der Waals surface area contributed by atoms with Gasteiger partial charge in [-0.1, -0.05) is 256 Å². The molecule has 0 aliphatic heterocycles. The van der Waals surface area contributed by atoms with Crippen molar-refractivity contribution in [3.63, 3.8) is 0 Å². The average Bonchev–Trinajstić information content (AvgIpc) is 3.47. The van der Waals surface area contributed by atoms with E-state index >= 15 is 0 Å². The summed E-state index contributed by atoms with van der Waals surface area (Å²) in [7, 11) is 0. The molecule has 1 aliphatic carbocycles. The van der Waals surface area contributed by atoms with Gasteiger partial charge in [0.25, 0.3) is 0 Å². The van der Waals surface area contributed by atoms with Crippen LogP contribution in [-0.4, -0.2) is 9.13 Å². The molecule has 15 aromatic rings. The molecule has 2 heterocycles. The van der Waals surface area contributed by atoms with Gasteiger partial charge in [0.1, 0.15) is 0 Å². The first kappa shape index (κ1) is 48.6.